The van der Waals surface area contributed by atoms with Crippen LogP contribution in [0.1, 0.15) is 17.5 Å². The summed E-state index contributed by atoms with van der Waals surface area (Å²) in [4.78, 5) is 2.14. The Kier molecular flexibility index (Phi) is 6.08. The number of aliphatic hydroxyl groups is 1. The van der Waals surface area contributed by atoms with E-state index in [1.54, 1.807) is 25.3 Å². The first-order valence-electron chi connectivity index (χ1n) is 8.76. The second-order valence-electron chi connectivity index (χ2n) is 6.58. The van der Waals surface area contributed by atoms with Crippen molar-refractivity contribution in [2.24, 2.45) is 5.73 Å². The molecule has 0 aromatic heterocycles. The summed E-state index contributed by atoms with van der Waals surface area (Å²) < 4.78 is 25.2. The maximum atomic E-state index is 13.9. The summed E-state index contributed by atoms with van der Waals surface area (Å²) in [5.41, 5.74) is 7.30. The first-order valence-corrected chi connectivity index (χ1v) is 8.76. The molecule has 0 radical (unpaired) electrons. The molecule has 0 saturated carbocycles. The van der Waals surface area contributed by atoms with Crippen LogP contribution in [0.5, 0.6) is 11.5 Å². The third-order valence-corrected chi connectivity index (χ3v) is 4.72. The molecule has 0 unspecified atom stereocenters. The average Bonchev–Trinajstić information content (AvgIpc) is 2.64. The van der Waals surface area contributed by atoms with Crippen molar-refractivity contribution >= 4 is 0 Å². The summed E-state index contributed by atoms with van der Waals surface area (Å²) in [6.45, 7) is 2.05. The Bertz CT molecular complexity index is 741. The molecular weight excluding hydrogens is 335 g/mol. The van der Waals surface area contributed by atoms with Gasteiger partial charge in [-0.1, -0.05) is 30.3 Å². The largest absolute Gasteiger partial charge is 0.493 e. The van der Waals surface area contributed by atoms with Gasteiger partial charge in [-0.3, -0.25) is 4.90 Å². The zero-order valence-electron chi connectivity index (χ0n) is 14.9. The number of nitrogens with two attached hydrogens (primary N) is 1. The van der Waals surface area contributed by atoms with Crippen LogP contribution in [0, 0.1) is 5.82 Å². The van der Waals surface area contributed by atoms with Gasteiger partial charge in [-0.05, 0) is 18.6 Å². The smallest absolute Gasteiger partial charge is 0.166 e. The van der Waals surface area contributed by atoms with Gasteiger partial charge < -0.3 is 20.3 Å². The monoisotopic (exact) mass is 360 g/mol. The Morgan fingerprint density at radius 2 is 1.96 bits per heavy atom. The number of rotatable bonds is 6. The minimum atomic E-state index is -0.530. The number of para-hydroxylation sites is 1. The minimum absolute atomic E-state index is 0.119. The van der Waals surface area contributed by atoms with E-state index in [9.17, 15) is 9.50 Å². The summed E-state index contributed by atoms with van der Waals surface area (Å²) in [5.74, 6) is 0.910. The van der Waals surface area contributed by atoms with E-state index < -0.39 is 6.10 Å². The van der Waals surface area contributed by atoms with E-state index in [-0.39, 0.29) is 18.5 Å². The number of methoxy groups -OCH3 is 1. The van der Waals surface area contributed by atoms with E-state index in [0.717, 1.165) is 18.5 Å². The Morgan fingerprint density at radius 3 is 2.69 bits per heavy atom. The number of likely N-dealkylation sites (tertiary alicyclic amines) is 1. The van der Waals surface area contributed by atoms with Crippen LogP contribution in [0.2, 0.25) is 0 Å². The van der Waals surface area contributed by atoms with Crippen molar-refractivity contribution in [2.75, 3.05) is 20.2 Å². The van der Waals surface area contributed by atoms with Gasteiger partial charge in [0.1, 0.15) is 12.4 Å². The molecule has 2 atom stereocenters. The summed E-state index contributed by atoms with van der Waals surface area (Å²) in [7, 11) is 1.58. The van der Waals surface area contributed by atoms with E-state index in [1.807, 2.05) is 18.2 Å². The fraction of sp³-hybridized carbons (Fsp3) is 0.400. The number of ether oxygens (including phenoxy) is 2. The Labute approximate surface area is 153 Å². The van der Waals surface area contributed by atoms with E-state index >= 15 is 0 Å². The van der Waals surface area contributed by atoms with Crippen LogP contribution in [0.15, 0.2) is 42.5 Å². The highest BCUT2D eigenvalue weighted by atomic mass is 19.1. The summed E-state index contributed by atoms with van der Waals surface area (Å²) in [6, 6.07) is 12.1. The highest BCUT2D eigenvalue weighted by Gasteiger charge is 2.25. The lowest BCUT2D eigenvalue weighted by Gasteiger charge is -2.34. The topological polar surface area (TPSA) is 68.0 Å². The van der Waals surface area contributed by atoms with Crippen molar-refractivity contribution in [2.45, 2.75) is 31.7 Å². The van der Waals surface area contributed by atoms with Crippen molar-refractivity contribution in [3.8, 4) is 11.5 Å². The van der Waals surface area contributed by atoms with E-state index in [4.69, 9.17) is 15.2 Å². The van der Waals surface area contributed by atoms with Gasteiger partial charge in [0.2, 0.25) is 0 Å². The van der Waals surface area contributed by atoms with Crippen molar-refractivity contribution in [1.29, 1.82) is 0 Å². The summed E-state index contributed by atoms with van der Waals surface area (Å²) >= 11 is 0. The highest BCUT2D eigenvalue weighted by Crippen LogP contribution is 2.33. The van der Waals surface area contributed by atoms with Gasteiger partial charge in [0.25, 0.3) is 0 Å². The quantitative estimate of drug-likeness (QED) is 0.827. The molecule has 1 heterocycles. The van der Waals surface area contributed by atoms with E-state index in [2.05, 4.69) is 4.90 Å². The molecule has 26 heavy (non-hydrogen) atoms. The van der Waals surface area contributed by atoms with Gasteiger partial charge in [-0.2, -0.15) is 0 Å². The highest BCUT2D eigenvalue weighted by molar-refractivity contribution is 5.46. The van der Waals surface area contributed by atoms with E-state index in [0.29, 0.717) is 30.2 Å². The molecule has 1 aliphatic rings. The molecule has 6 heteroatoms. The van der Waals surface area contributed by atoms with Crippen LogP contribution < -0.4 is 15.2 Å². The van der Waals surface area contributed by atoms with Crippen molar-refractivity contribution < 1.29 is 19.0 Å². The molecule has 140 valence electrons. The molecule has 1 aliphatic heterocycles. The maximum absolute atomic E-state index is 13.9. The van der Waals surface area contributed by atoms with Crippen LogP contribution in [-0.4, -0.2) is 42.4 Å². The van der Waals surface area contributed by atoms with Crippen molar-refractivity contribution in [1.82, 2.24) is 4.90 Å². The summed E-state index contributed by atoms with van der Waals surface area (Å²) in [6.07, 6.45) is 0.216. The molecule has 3 N–H and O–H groups in total. The Morgan fingerprint density at radius 1 is 1.19 bits per heavy atom. The van der Waals surface area contributed by atoms with Crippen molar-refractivity contribution in [3.05, 3.63) is 59.4 Å². The standard InChI is InChI=1S/C20H25FN2O3/c1-25-19-8-4-6-14(11-23-10-9-17(22)18(24)12-23)20(19)26-13-15-5-2-3-7-16(15)21/h2-8,17-18,24H,9-13,22H2,1H3/t17-,18-/m1/s1. The zero-order valence-corrected chi connectivity index (χ0v) is 14.9. The molecule has 0 bridgehead atoms. The number of hydrogen-bond donors (Lipinski definition) is 2. The maximum Gasteiger partial charge on any atom is 0.166 e. The lowest BCUT2D eigenvalue weighted by molar-refractivity contribution is 0.0494. The van der Waals surface area contributed by atoms with Crippen LogP contribution >= 0.6 is 0 Å². The SMILES string of the molecule is COc1cccc(CN2CC[C@@H](N)[C@H](O)C2)c1OCc1ccccc1F. The van der Waals surface area contributed by atoms with Gasteiger partial charge in [0, 0.05) is 36.8 Å². The van der Waals surface area contributed by atoms with Crippen LogP contribution in [0.3, 0.4) is 0 Å². The van der Waals surface area contributed by atoms with Crippen LogP contribution in [0.25, 0.3) is 0 Å². The number of nitrogens with zero attached hydrogens (tertiary/aromatic N) is 1. The molecule has 1 saturated heterocycles. The van der Waals surface area contributed by atoms with Gasteiger partial charge in [0.15, 0.2) is 11.5 Å². The zero-order chi connectivity index (χ0) is 18.5. The van der Waals surface area contributed by atoms with Gasteiger partial charge in [-0.25, -0.2) is 4.39 Å². The number of hydrogen-bond acceptors (Lipinski definition) is 5. The van der Waals surface area contributed by atoms with E-state index in [1.165, 1.54) is 6.07 Å². The fourth-order valence-corrected chi connectivity index (χ4v) is 3.18. The normalized spacial score (nSPS) is 20.8. The first kappa shape index (κ1) is 18.6. The number of halogens is 1. The third kappa shape index (κ3) is 4.33. The third-order valence-electron chi connectivity index (χ3n) is 4.72. The van der Waals surface area contributed by atoms with Gasteiger partial charge in [0.05, 0.1) is 13.2 Å². The minimum Gasteiger partial charge on any atom is -0.493 e. The average molecular weight is 360 g/mol. The number of aliphatic hydroxyl groups excluding tert-OH is 1. The molecule has 1 fully saturated rings. The molecular formula is C20H25FN2O3. The second kappa shape index (κ2) is 8.49. The van der Waals surface area contributed by atoms with Gasteiger partial charge >= 0.3 is 0 Å². The van der Waals surface area contributed by atoms with Gasteiger partial charge in [-0.15, -0.1) is 0 Å². The van der Waals surface area contributed by atoms with Crippen LogP contribution in [0.4, 0.5) is 4.39 Å². The molecule has 5 nitrogen and oxygen atoms in total. The molecule has 3 rings (SSSR count). The lowest BCUT2D eigenvalue weighted by atomic mass is 10.0. The number of β-amino-alcohol motifs (C(OH)–C–C–N with tert-alkyl or cyclic N) is 1. The predicted octanol–water partition coefficient (Wildman–Crippen LogP) is 2.31. The summed E-state index contributed by atoms with van der Waals surface area (Å²) in [5, 5.41) is 10.0. The molecule has 2 aromatic rings. The van der Waals surface area contributed by atoms with Crippen molar-refractivity contribution in [3.63, 3.8) is 0 Å². The van der Waals surface area contributed by atoms with Crippen LogP contribution in [-0.2, 0) is 13.2 Å². The second-order valence-corrected chi connectivity index (χ2v) is 6.58. The molecule has 0 spiro atoms. The number of piperidine rings is 1. The first-order chi connectivity index (χ1) is 12.6. The molecule has 0 amide bonds. The predicted molar refractivity (Wildman–Crippen MR) is 97.6 cm³/mol. The molecule has 0 aliphatic carbocycles. The molecule has 2 aromatic carbocycles. The number of benzene rings is 2. The Hall–Kier alpha value is -2.15. The fourth-order valence-electron chi connectivity index (χ4n) is 3.18. The Balaban J connectivity index is 1.76. The lowest BCUT2D eigenvalue weighted by Crippen LogP contribution is -2.50.